The molecule has 1 saturated heterocycles. The molecule has 1 heterocycles. The molecular formula is C14H28N2. The number of nitrogens with zero attached hydrogens (tertiary/aromatic N) is 1. The average Bonchev–Trinajstić information content (AvgIpc) is 2.26. The minimum Gasteiger partial charge on any atom is -0.314 e. The molecule has 1 aliphatic heterocycles. The first kappa shape index (κ1) is 12.4. The Labute approximate surface area is 101 Å². The van der Waals surface area contributed by atoms with E-state index in [0.717, 1.165) is 12.0 Å². The molecule has 0 aromatic heterocycles. The highest BCUT2D eigenvalue weighted by atomic mass is 15.2. The van der Waals surface area contributed by atoms with E-state index in [-0.39, 0.29) is 0 Å². The second-order valence-corrected chi connectivity index (χ2v) is 5.86. The highest BCUT2D eigenvalue weighted by Crippen LogP contribution is 2.28. The van der Waals surface area contributed by atoms with E-state index in [1.54, 1.807) is 0 Å². The van der Waals surface area contributed by atoms with E-state index < -0.39 is 0 Å². The van der Waals surface area contributed by atoms with Crippen LogP contribution in [0.25, 0.3) is 0 Å². The van der Waals surface area contributed by atoms with E-state index in [1.807, 2.05) is 0 Å². The first-order chi connectivity index (χ1) is 7.77. The number of nitrogens with one attached hydrogen (secondary N) is 1. The molecule has 1 saturated carbocycles. The van der Waals surface area contributed by atoms with Crippen molar-refractivity contribution in [2.24, 2.45) is 5.92 Å². The fourth-order valence-electron chi connectivity index (χ4n) is 3.37. The summed E-state index contributed by atoms with van der Waals surface area (Å²) in [7, 11) is 0. The Bertz CT molecular complexity index is 205. The molecule has 16 heavy (non-hydrogen) atoms. The van der Waals surface area contributed by atoms with Gasteiger partial charge in [0.1, 0.15) is 0 Å². The molecule has 2 rings (SSSR count). The van der Waals surface area contributed by atoms with E-state index in [1.165, 1.54) is 58.2 Å². The zero-order valence-corrected chi connectivity index (χ0v) is 11.0. The van der Waals surface area contributed by atoms with Crippen LogP contribution < -0.4 is 5.32 Å². The van der Waals surface area contributed by atoms with Gasteiger partial charge in [0, 0.05) is 12.1 Å². The van der Waals surface area contributed by atoms with Gasteiger partial charge in [-0.15, -0.1) is 0 Å². The predicted octanol–water partition coefficient (Wildman–Crippen LogP) is 2.64. The summed E-state index contributed by atoms with van der Waals surface area (Å²) < 4.78 is 0. The Morgan fingerprint density at radius 2 is 1.75 bits per heavy atom. The van der Waals surface area contributed by atoms with Crippen LogP contribution in [0, 0.1) is 5.92 Å². The molecule has 2 fully saturated rings. The largest absolute Gasteiger partial charge is 0.314 e. The van der Waals surface area contributed by atoms with Gasteiger partial charge in [0.05, 0.1) is 0 Å². The quantitative estimate of drug-likeness (QED) is 0.736. The second-order valence-electron chi connectivity index (χ2n) is 5.86. The lowest BCUT2D eigenvalue weighted by Gasteiger charge is -2.40. The van der Waals surface area contributed by atoms with E-state index in [4.69, 9.17) is 0 Å². The van der Waals surface area contributed by atoms with Crippen molar-refractivity contribution in [1.29, 1.82) is 0 Å². The molecule has 0 aromatic rings. The van der Waals surface area contributed by atoms with Gasteiger partial charge in [0.25, 0.3) is 0 Å². The van der Waals surface area contributed by atoms with Crippen LogP contribution in [0.3, 0.4) is 0 Å². The molecule has 1 N–H and O–H groups in total. The highest BCUT2D eigenvalue weighted by molar-refractivity contribution is 4.83. The lowest BCUT2D eigenvalue weighted by Crippen LogP contribution is -2.46. The van der Waals surface area contributed by atoms with Gasteiger partial charge in [-0.3, -0.25) is 0 Å². The van der Waals surface area contributed by atoms with E-state index in [2.05, 4.69) is 24.1 Å². The molecule has 3 unspecified atom stereocenters. The van der Waals surface area contributed by atoms with Crippen molar-refractivity contribution in [3.63, 3.8) is 0 Å². The van der Waals surface area contributed by atoms with Gasteiger partial charge in [-0.25, -0.2) is 0 Å². The lowest BCUT2D eigenvalue weighted by molar-refractivity contribution is 0.1000. The normalized spacial score (nSPS) is 39.0. The monoisotopic (exact) mass is 224 g/mol. The summed E-state index contributed by atoms with van der Waals surface area (Å²) in [4.78, 5) is 2.79. The molecule has 1 aliphatic carbocycles. The first-order valence-electron chi connectivity index (χ1n) is 7.25. The van der Waals surface area contributed by atoms with Crippen molar-refractivity contribution in [2.45, 2.75) is 64.5 Å². The maximum absolute atomic E-state index is 3.59. The summed E-state index contributed by atoms with van der Waals surface area (Å²) in [6, 6.07) is 1.60. The van der Waals surface area contributed by atoms with Gasteiger partial charge in [-0.2, -0.15) is 0 Å². The van der Waals surface area contributed by atoms with Crippen LogP contribution >= 0.6 is 0 Å². The van der Waals surface area contributed by atoms with Crippen molar-refractivity contribution in [2.75, 3.05) is 19.6 Å². The summed E-state index contributed by atoms with van der Waals surface area (Å²) >= 11 is 0. The molecule has 3 atom stereocenters. The molecule has 0 radical (unpaired) electrons. The van der Waals surface area contributed by atoms with Crippen LogP contribution in [0.4, 0.5) is 0 Å². The zero-order chi connectivity index (χ0) is 11.4. The number of hydrogen-bond acceptors (Lipinski definition) is 2. The molecule has 2 heteroatoms. The van der Waals surface area contributed by atoms with Crippen molar-refractivity contribution >= 4 is 0 Å². The third-order valence-corrected chi connectivity index (χ3v) is 4.50. The maximum Gasteiger partial charge on any atom is 0.0121 e. The van der Waals surface area contributed by atoms with Gasteiger partial charge in [0.15, 0.2) is 0 Å². The summed E-state index contributed by atoms with van der Waals surface area (Å²) in [6.45, 7) is 8.62. The van der Waals surface area contributed by atoms with Crippen molar-refractivity contribution in [3.05, 3.63) is 0 Å². The minimum atomic E-state index is 0.710. The Hall–Kier alpha value is -0.0800. The smallest absolute Gasteiger partial charge is 0.0121 e. The molecule has 0 amide bonds. The summed E-state index contributed by atoms with van der Waals surface area (Å²) in [5, 5.41) is 3.59. The third-order valence-electron chi connectivity index (χ3n) is 4.50. The lowest BCUT2D eigenvalue weighted by atomic mass is 9.84. The molecule has 2 nitrogen and oxygen atoms in total. The maximum atomic E-state index is 3.59. The zero-order valence-electron chi connectivity index (χ0n) is 11.0. The molecule has 0 bridgehead atoms. The average molecular weight is 224 g/mol. The van der Waals surface area contributed by atoms with Crippen molar-refractivity contribution < 1.29 is 0 Å². The molecule has 2 aliphatic rings. The first-order valence-corrected chi connectivity index (χ1v) is 7.25. The Morgan fingerprint density at radius 3 is 2.56 bits per heavy atom. The Balaban J connectivity index is 1.89. The fourth-order valence-corrected chi connectivity index (χ4v) is 3.37. The Morgan fingerprint density at radius 1 is 0.938 bits per heavy atom. The molecule has 0 spiro atoms. The van der Waals surface area contributed by atoms with Crippen LogP contribution in [-0.4, -0.2) is 36.6 Å². The Kier molecular flexibility index (Phi) is 4.66. The van der Waals surface area contributed by atoms with Crippen LogP contribution in [0.5, 0.6) is 0 Å². The van der Waals surface area contributed by atoms with Crippen LogP contribution in [0.15, 0.2) is 0 Å². The fraction of sp³-hybridized carbons (Fsp3) is 1.00. The minimum absolute atomic E-state index is 0.710. The molecule has 0 aromatic carbocycles. The van der Waals surface area contributed by atoms with Gasteiger partial charge >= 0.3 is 0 Å². The van der Waals surface area contributed by atoms with Crippen LogP contribution in [-0.2, 0) is 0 Å². The predicted molar refractivity (Wildman–Crippen MR) is 69.7 cm³/mol. The molecule has 94 valence electrons. The van der Waals surface area contributed by atoms with Gasteiger partial charge in [-0.1, -0.05) is 19.8 Å². The summed E-state index contributed by atoms with van der Waals surface area (Å²) in [6.07, 6.45) is 8.47. The summed E-state index contributed by atoms with van der Waals surface area (Å²) in [5.41, 5.74) is 0. The van der Waals surface area contributed by atoms with Gasteiger partial charge in [0.2, 0.25) is 0 Å². The van der Waals surface area contributed by atoms with Gasteiger partial charge < -0.3 is 10.2 Å². The van der Waals surface area contributed by atoms with E-state index in [0.29, 0.717) is 6.04 Å². The van der Waals surface area contributed by atoms with Gasteiger partial charge in [-0.05, 0) is 58.2 Å². The third kappa shape index (κ3) is 3.21. The highest BCUT2D eigenvalue weighted by Gasteiger charge is 2.27. The molecular weight excluding hydrogens is 196 g/mol. The SMILES string of the molecule is CC1CCN(C2CCCCC2C)CCCN1. The van der Waals surface area contributed by atoms with Crippen molar-refractivity contribution in [3.8, 4) is 0 Å². The van der Waals surface area contributed by atoms with Crippen LogP contribution in [0.1, 0.15) is 52.4 Å². The number of hydrogen-bond donors (Lipinski definition) is 1. The standard InChI is InChI=1S/C14H28N2/c1-12-6-3-4-7-14(12)16-10-5-9-15-13(2)8-11-16/h12-15H,3-11H2,1-2H3. The topological polar surface area (TPSA) is 15.3 Å². The summed E-state index contributed by atoms with van der Waals surface area (Å²) in [5.74, 6) is 0.927. The van der Waals surface area contributed by atoms with E-state index in [9.17, 15) is 0 Å². The second kappa shape index (κ2) is 6.02. The number of rotatable bonds is 1. The van der Waals surface area contributed by atoms with E-state index >= 15 is 0 Å². The van der Waals surface area contributed by atoms with Crippen LogP contribution in [0.2, 0.25) is 0 Å². The van der Waals surface area contributed by atoms with Crippen molar-refractivity contribution in [1.82, 2.24) is 10.2 Å².